The van der Waals surface area contributed by atoms with Gasteiger partial charge in [0, 0.05) is 49.5 Å². The zero-order valence-electron chi connectivity index (χ0n) is 17.9. The van der Waals surface area contributed by atoms with E-state index in [9.17, 15) is 18.0 Å². The molecular formula is C21H22ClF3N4O3S2. The molecule has 1 aromatic carbocycles. The predicted molar refractivity (Wildman–Crippen MR) is 128 cm³/mol. The third-order valence-electron chi connectivity index (χ3n) is 4.87. The van der Waals surface area contributed by atoms with E-state index in [-0.39, 0.29) is 29.8 Å². The molecule has 2 aromatic heterocycles. The van der Waals surface area contributed by atoms with Gasteiger partial charge in [-0.25, -0.2) is 4.98 Å². The molecule has 0 spiro atoms. The second kappa shape index (κ2) is 12.0. The molecule has 0 radical (unpaired) electrons. The summed E-state index contributed by atoms with van der Waals surface area (Å²) in [5.41, 5.74) is 0.510. The van der Waals surface area contributed by atoms with Crippen molar-refractivity contribution in [3.8, 4) is 5.75 Å². The van der Waals surface area contributed by atoms with Crippen LogP contribution in [-0.4, -0.2) is 72.3 Å². The Morgan fingerprint density at radius 2 is 1.94 bits per heavy atom. The second-order valence-corrected chi connectivity index (χ2v) is 9.20. The van der Waals surface area contributed by atoms with Crippen LogP contribution in [0.3, 0.4) is 0 Å². The third-order valence-corrected chi connectivity index (χ3v) is 6.91. The number of pyridine rings is 1. The van der Waals surface area contributed by atoms with Crippen molar-refractivity contribution >= 4 is 56.8 Å². The molecule has 1 aliphatic heterocycles. The first-order chi connectivity index (χ1) is 15.9. The topological polar surface area (TPSA) is 67.8 Å². The molecule has 3 aromatic rings. The maximum absolute atomic E-state index is 13.2. The number of ether oxygens (including phenoxy) is 2. The maximum atomic E-state index is 13.2. The Balaban J connectivity index is 0.00000324. The maximum Gasteiger partial charge on any atom is 0.573 e. The van der Waals surface area contributed by atoms with Crippen LogP contribution in [0.1, 0.15) is 0 Å². The van der Waals surface area contributed by atoms with Crippen LogP contribution < -0.4 is 9.64 Å². The molecule has 4 rings (SSSR count). The number of thiazole rings is 1. The molecule has 0 atom stereocenters. The number of carbonyl (C=O) groups is 1. The largest absolute Gasteiger partial charge is 0.573 e. The number of hydrogen-bond acceptors (Lipinski definition) is 8. The van der Waals surface area contributed by atoms with E-state index in [1.807, 2.05) is 12.1 Å². The van der Waals surface area contributed by atoms with E-state index in [0.29, 0.717) is 41.7 Å². The van der Waals surface area contributed by atoms with Crippen molar-refractivity contribution in [2.45, 2.75) is 11.3 Å². The smallest absolute Gasteiger partial charge is 0.406 e. The van der Waals surface area contributed by atoms with Crippen molar-refractivity contribution in [2.24, 2.45) is 0 Å². The number of rotatable bonds is 8. The summed E-state index contributed by atoms with van der Waals surface area (Å²) >= 11 is 2.56. The van der Waals surface area contributed by atoms with E-state index < -0.39 is 6.36 Å². The summed E-state index contributed by atoms with van der Waals surface area (Å²) in [6.45, 7) is 3.93. The quantitative estimate of drug-likeness (QED) is 0.395. The van der Waals surface area contributed by atoms with Crippen molar-refractivity contribution in [1.29, 1.82) is 0 Å². The fraction of sp³-hybridized carbons (Fsp3) is 0.381. The van der Waals surface area contributed by atoms with Crippen LogP contribution in [0.2, 0.25) is 0 Å². The summed E-state index contributed by atoms with van der Waals surface area (Å²) in [6, 6.07) is 7.64. The number of halogens is 4. The third kappa shape index (κ3) is 7.44. The number of morpholine rings is 1. The van der Waals surface area contributed by atoms with Crippen LogP contribution in [0, 0.1) is 0 Å². The number of anilines is 1. The molecule has 0 saturated carbocycles. The Bertz CT molecular complexity index is 1080. The molecule has 184 valence electrons. The molecule has 1 amide bonds. The number of benzene rings is 1. The summed E-state index contributed by atoms with van der Waals surface area (Å²) in [5.74, 6) is -0.244. The lowest BCUT2D eigenvalue weighted by Gasteiger charge is -2.29. The molecule has 13 heteroatoms. The van der Waals surface area contributed by atoms with Gasteiger partial charge in [-0.1, -0.05) is 11.3 Å². The van der Waals surface area contributed by atoms with E-state index in [2.05, 4.69) is 19.6 Å². The number of hydrogen-bond donors (Lipinski definition) is 0. The number of nitrogens with zero attached hydrogens (tertiary/aromatic N) is 4. The van der Waals surface area contributed by atoms with Crippen molar-refractivity contribution in [2.75, 3.05) is 50.0 Å². The van der Waals surface area contributed by atoms with Crippen molar-refractivity contribution in [3.63, 3.8) is 0 Å². The highest BCUT2D eigenvalue weighted by Crippen LogP contribution is 2.33. The minimum Gasteiger partial charge on any atom is -0.406 e. The van der Waals surface area contributed by atoms with Gasteiger partial charge in [0.05, 0.1) is 29.2 Å². The summed E-state index contributed by atoms with van der Waals surface area (Å²) in [4.78, 5) is 26.4. The zero-order chi connectivity index (χ0) is 23.3. The standard InChI is InChI=1S/C21H21F3N4O3S2.ClH/c22-21(23,24)31-15-1-2-17-18(13-15)33-20(26-17)28(8-7-27-9-11-30-12-10-27)19(29)14-32-16-3-5-25-6-4-16;/h1-6,13H,7-12,14H2;1H. The van der Waals surface area contributed by atoms with E-state index >= 15 is 0 Å². The monoisotopic (exact) mass is 534 g/mol. The van der Waals surface area contributed by atoms with Crippen molar-refractivity contribution < 1.29 is 27.4 Å². The average Bonchev–Trinajstić information content (AvgIpc) is 3.21. The normalized spacial score (nSPS) is 14.6. The van der Waals surface area contributed by atoms with Crippen LogP contribution in [0.5, 0.6) is 5.75 Å². The van der Waals surface area contributed by atoms with Crippen LogP contribution >= 0.6 is 35.5 Å². The molecule has 3 heterocycles. The Labute approximate surface area is 208 Å². The summed E-state index contributed by atoms with van der Waals surface area (Å²) in [6.07, 6.45) is -1.44. The first-order valence-electron chi connectivity index (χ1n) is 10.2. The van der Waals surface area contributed by atoms with Gasteiger partial charge < -0.3 is 9.47 Å². The highest BCUT2D eigenvalue weighted by Gasteiger charge is 2.31. The molecule has 0 N–H and O–H groups in total. The van der Waals surface area contributed by atoms with E-state index in [4.69, 9.17) is 4.74 Å². The van der Waals surface area contributed by atoms with Crippen LogP contribution in [-0.2, 0) is 9.53 Å². The molecule has 0 unspecified atom stereocenters. The Morgan fingerprint density at radius 1 is 1.21 bits per heavy atom. The molecule has 7 nitrogen and oxygen atoms in total. The highest BCUT2D eigenvalue weighted by atomic mass is 35.5. The van der Waals surface area contributed by atoms with Gasteiger partial charge in [-0.05, 0) is 24.3 Å². The van der Waals surface area contributed by atoms with Gasteiger partial charge in [0.25, 0.3) is 0 Å². The number of aromatic nitrogens is 2. The van der Waals surface area contributed by atoms with Gasteiger partial charge in [-0.15, -0.1) is 37.3 Å². The van der Waals surface area contributed by atoms with Gasteiger partial charge in [-0.2, -0.15) is 0 Å². The van der Waals surface area contributed by atoms with Crippen LogP contribution in [0.15, 0.2) is 47.6 Å². The molecule has 1 saturated heterocycles. The van der Waals surface area contributed by atoms with Crippen molar-refractivity contribution in [3.05, 3.63) is 42.7 Å². The van der Waals surface area contributed by atoms with E-state index in [1.54, 1.807) is 17.3 Å². The highest BCUT2D eigenvalue weighted by molar-refractivity contribution is 8.00. The fourth-order valence-electron chi connectivity index (χ4n) is 3.26. The molecule has 0 bridgehead atoms. The summed E-state index contributed by atoms with van der Waals surface area (Å²) in [5, 5.41) is 0.447. The first kappa shape index (κ1) is 26.5. The fourth-order valence-corrected chi connectivity index (χ4v) is 5.05. The Morgan fingerprint density at radius 3 is 2.65 bits per heavy atom. The Hall–Kier alpha value is -2.12. The number of carbonyl (C=O) groups excluding carboxylic acids is 1. The van der Waals surface area contributed by atoms with Crippen LogP contribution in [0.4, 0.5) is 18.3 Å². The summed E-state index contributed by atoms with van der Waals surface area (Å²) < 4.78 is 47.6. The lowest BCUT2D eigenvalue weighted by Crippen LogP contribution is -2.43. The predicted octanol–water partition coefficient (Wildman–Crippen LogP) is 4.47. The van der Waals surface area contributed by atoms with Gasteiger partial charge in [-0.3, -0.25) is 19.6 Å². The number of amides is 1. The Kier molecular flexibility index (Phi) is 9.37. The van der Waals surface area contributed by atoms with Gasteiger partial charge in [0.15, 0.2) is 5.13 Å². The average molecular weight is 535 g/mol. The first-order valence-corrected chi connectivity index (χ1v) is 12.0. The summed E-state index contributed by atoms with van der Waals surface area (Å²) in [7, 11) is 0. The SMILES string of the molecule is Cl.O=C(CSc1ccncc1)N(CCN1CCOCC1)c1nc2ccc(OC(F)(F)F)cc2s1. The van der Waals surface area contributed by atoms with Gasteiger partial charge >= 0.3 is 6.36 Å². The molecule has 1 aliphatic rings. The minimum absolute atomic E-state index is 0. The molecular weight excluding hydrogens is 513 g/mol. The minimum atomic E-state index is -4.77. The number of alkyl halides is 3. The van der Waals surface area contributed by atoms with Gasteiger partial charge in [0.1, 0.15) is 5.75 Å². The van der Waals surface area contributed by atoms with E-state index in [1.165, 1.54) is 41.3 Å². The molecule has 1 fully saturated rings. The second-order valence-electron chi connectivity index (χ2n) is 7.14. The molecule has 34 heavy (non-hydrogen) atoms. The zero-order valence-corrected chi connectivity index (χ0v) is 20.3. The lowest BCUT2D eigenvalue weighted by atomic mass is 10.3. The lowest BCUT2D eigenvalue weighted by molar-refractivity contribution is -0.274. The van der Waals surface area contributed by atoms with Crippen molar-refractivity contribution in [1.82, 2.24) is 14.9 Å². The number of thioether (sulfide) groups is 1. The van der Waals surface area contributed by atoms with E-state index in [0.717, 1.165) is 18.0 Å². The van der Waals surface area contributed by atoms with Crippen LogP contribution in [0.25, 0.3) is 10.2 Å². The van der Waals surface area contributed by atoms with Gasteiger partial charge in [0.2, 0.25) is 5.91 Å². The number of fused-ring (bicyclic) bond motifs is 1. The molecule has 0 aliphatic carbocycles.